The third-order valence-electron chi connectivity index (χ3n) is 3.46. The first-order valence-electron chi connectivity index (χ1n) is 6.87. The van der Waals surface area contributed by atoms with Gasteiger partial charge in [-0.1, -0.05) is 11.6 Å². The molecule has 1 saturated heterocycles. The second-order valence-electron chi connectivity index (χ2n) is 5.11. The van der Waals surface area contributed by atoms with Crippen molar-refractivity contribution in [2.75, 3.05) is 31.9 Å². The molecule has 3 N–H and O–H groups in total. The Morgan fingerprint density at radius 2 is 2.00 bits per heavy atom. The van der Waals surface area contributed by atoms with Gasteiger partial charge in [-0.15, -0.1) is 0 Å². The molecule has 1 aromatic carbocycles. The molecule has 0 aliphatic carbocycles. The molecule has 1 aromatic rings. The maximum absolute atomic E-state index is 13.8. The average Bonchev–Trinajstić information content (AvgIpc) is 2.92. The van der Waals surface area contributed by atoms with Crippen LogP contribution < -0.4 is 10.5 Å². The Morgan fingerprint density at radius 1 is 1.33 bits per heavy atom. The van der Waals surface area contributed by atoms with Gasteiger partial charge >= 0.3 is 0 Å². The van der Waals surface area contributed by atoms with Crippen LogP contribution in [0.25, 0.3) is 0 Å². The summed E-state index contributed by atoms with van der Waals surface area (Å²) in [4.78, 5) is 1.78. The Labute approximate surface area is 129 Å². The van der Waals surface area contributed by atoms with E-state index in [1.807, 2.05) is 0 Å². The number of hydrogen-bond acceptors (Lipinski definition) is 4. The Hall–Kier alpha value is -0.890. The van der Waals surface area contributed by atoms with Crippen LogP contribution in [0.3, 0.4) is 0 Å². The number of sulfonamides is 1. The fraction of sp³-hybridized carbons (Fsp3) is 0.538. The quantitative estimate of drug-likeness (QED) is 0.614. The number of rotatable bonds is 6. The average molecular weight is 336 g/mol. The van der Waals surface area contributed by atoms with Gasteiger partial charge in [-0.25, -0.2) is 17.5 Å². The first-order chi connectivity index (χ1) is 9.90. The summed E-state index contributed by atoms with van der Waals surface area (Å²) in [7, 11) is -3.94. The van der Waals surface area contributed by atoms with Gasteiger partial charge in [-0.05, 0) is 51.0 Å². The molecule has 0 unspecified atom stereocenters. The summed E-state index contributed by atoms with van der Waals surface area (Å²) in [5.74, 6) is -0.966. The van der Waals surface area contributed by atoms with Crippen molar-refractivity contribution in [1.82, 2.24) is 9.62 Å². The van der Waals surface area contributed by atoms with Crippen molar-refractivity contribution in [3.8, 4) is 0 Å². The molecule has 0 radical (unpaired) electrons. The number of hydrogen-bond donors (Lipinski definition) is 2. The minimum atomic E-state index is -3.94. The highest BCUT2D eigenvalue weighted by molar-refractivity contribution is 7.89. The number of halogens is 2. The lowest BCUT2D eigenvalue weighted by Crippen LogP contribution is -2.29. The van der Waals surface area contributed by atoms with Gasteiger partial charge in [0.2, 0.25) is 10.0 Å². The molecule has 1 fully saturated rings. The van der Waals surface area contributed by atoms with Crippen LogP contribution in [-0.2, 0) is 10.0 Å². The SMILES string of the molecule is Nc1cc(Cl)cc(S(=O)(=O)NCCCN2CCCC2)c1F. The van der Waals surface area contributed by atoms with E-state index < -0.39 is 20.7 Å². The summed E-state index contributed by atoms with van der Waals surface area (Å²) in [5.41, 5.74) is 5.12. The Balaban J connectivity index is 1.95. The monoisotopic (exact) mass is 335 g/mol. The molecule has 0 saturated carbocycles. The van der Waals surface area contributed by atoms with Crippen LogP contribution in [0.4, 0.5) is 10.1 Å². The van der Waals surface area contributed by atoms with Gasteiger partial charge in [0, 0.05) is 11.6 Å². The fourth-order valence-electron chi connectivity index (χ4n) is 2.37. The molecule has 0 bridgehead atoms. The van der Waals surface area contributed by atoms with Crippen LogP contribution >= 0.6 is 11.6 Å². The molecule has 1 aliphatic heterocycles. The van der Waals surface area contributed by atoms with Crippen LogP contribution in [0.1, 0.15) is 19.3 Å². The van der Waals surface area contributed by atoms with Crippen molar-refractivity contribution in [1.29, 1.82) is 0 Å². The molecule has 8 heteroatoms. The number of likely N-dealkylation sites (tertiary alicyclic amines) is 1. The fourth-order valence-corrected chi connectivity index (χ4v) is 3.87. The van der Waals surface area contributed by atoms with Crippen molar-refractivity contribution in [3.05, 3.63) is 23.0 Å². The maximum Gasteiger partial charge on any atom is 0.243 e. The number of benzene rings is 1. The van der Waals surface area contributed by atoms with Crippen LogP contribution in [0.15, 0.2) is 17.0 Å². The summed E-state index contributed by atoms with van der Waals surface area (Å²) in [6.45, 7) is 3.21. The lowest BCUT2D eigenvalue weighted by Gasteiger charge is -2.14. The first kappa shape index (κ1) is 16.5. The van der Waals surface area contributed by atoms with Gasteiger partial charge in [0.05, 0.1) is 5.69 Å². The largest absolute Gasteiger partial charge is 0.396 e. The molecule has 1 heterocycles. The van der Waals surface area contributed by atoms with Gasteiger partial charge in [0.15, 0.2) is 5.82 Å². The molecular formula is C13H19ClFN3O2S. The highest BCUT2D eigenvalue weighted by Crippen LogP contribution is 2.25. The Kier molecular flexibility index (Phi) is 5.43. The van der Waals surface area contributed by atoms with Gasteiger partial charge in [-0.2, -0.15) is 0 Å². The van der Waals surface area contributed by atoms with Gasteiger partial charge in [-0.3, -0.25) is 0 Å². The summed E-state index contributed by atoms with van der Waals surface area (Å²) < 4.78 is 40.4. The lowest BCUT2D eigenvalue weighted by molar-refractivity contribution is 0.334. The molecule has 0 aromatic heterocycles. The second-order valence-corrected chi connectivity index (χ2v) is 7.28. The number of nitrogen functional groups attached to an aromatic ring is 1. The molecule has 0 atom stereocenters. The molecule has 21 heavy (non-hydrogen) atoms. The van der Waals surface area contributed by atoms with Crippen LogP contribution in [0.2, 0.25) is 5.02 Å². The molecule has 0 amide bonds. The molecule has 5 nitrogen and oxygen atoms in total. The van der Waals surface area contributed by atoms with E-state index in [9.17, 15) is 12.8 Å². The van der Waals surface area contributed by atoms with Gasteiger partial charge in [0.25, 0.3) is 0 Å². The first-order valence-corrected chi connectivity index (χ1v) is 8.73. The molecule has 2 rings (SSSR count). The molecule has 0 spiro atoms. The minimum Gasteiger partial charge on any atom is -0.396 e. The predicted octanol–water partition coefficient (Wildman–Crippen LogP) is 1.83. The van der Waals surface area contributed by atoms with Gasteiger partial charge in [0.1, 0.15) is 4.90 Å². The molecular weight excluding hydrogens is 317 g/mol. The van der Waals surface area contributed by atoms with E-state index in [1.54, 1.807) is 0 Å². The zero-order valence-corrected chi connectivity index (χ0v) is 13.2. The summed E-state index contributed by atoms with van der Waals surface area (Å²) in [6, 6.07) is 2.25. The zero-order chi connectivity index (χ0) is 15.5. The van der Waals surface area contributed by atoms with Crippen molar-refractivity contribution in [2.45, 2.75) is 24.2 Å². The summed E-state index contributed by atoms with van der Waals surface area (Å²) >= 11 is 5.73. The highest BCUT2D eigenvalue weighted by Gasteiger charge is 2.21. The van der Waals surface area contributed by atoms with Crippen molar-refractivity contribution in [2.24, 2.45) is 0 Å². The van der Waals surface area contributed by atoms with E-state index in [0.717, 1.165) is 25.7 Å². The van der Waals surface area contributed by atoms with Crippen LogP contribution in [0, 0.1) is 5.82 Å². The van der Waals surface area contributed by atoms with Crippen LogP contribution in [-0.4, -0.2) is 39.5 Å². The van der Waals surface area contributed by atoms with E-state index in [0.29, 0.717) is 6.42 Å². The third kappa shape index (κ3) is 4.29. The predicted molar refractivity (Wildman–Crippen MR) is 81.3 cm³/mol. The van der Waals surface area contributed by atoms with E-state index in [4.69, 9.17) is 17.3 Å². The van der Waals surface area contributed by atoms with E-state index in [2.05, 4.69) is 9.62 Å². The smallest absolute Gasteiger partial charge is 0.243 e. The number of nitrogens with two attached hydrogens (primary N) is 1. The molecule has 118 valence electrons. The number of nitrogens with zero attached hydrogens (tertiary/aromatic N) is 1. The molecule has 1 aliphatic rings. The Morgan fingerprint density at radius 3 is 2.67 bits per heavy atom. The van der Waals surface area contributed by atoms with Gasteiger partial charge < -0.3 is 10.6 Å². The third-order valence-corrected chi connectivity index (χ3v) is 5.14. The topological polar surface area (TPSA) is 75.4 Å². The van der Waals surface area contributed by atoms with E-state index >= 15 is 0 Å². The van der Waals surface area contributed by atoms with E-state index in [1.165, 1.54) is 18.9 Å². The summed E-state index contributed by atoms with van der Waals surface area (Å²) in [6.07, 6.45) is 3.06. The van der Waals surface area contributed by atoms with E-state index in [-0.39, 0.29) is 17.3 Å². The summed E-state index contributed by atoms with van der Waals surface area (Å²) in [5, 5.41) is 0.0892. The Bertz CT molecular complexity index is 604. The second kappa shape index (κ2) is 6.91. The minimum absolute atomic E-state index is 0.0892. The number of anilines is 1. The van der Waals surface area contributed by atoms with Crippen molar-refractivity contribution < 1.29 is 12.8 Å². The maximum atomic E-state index is 13.8. The lowest BCUT2D eigenvalue weighted by atomic mass is 10.3. The number of nitrogens with one attached hydrogen (secondary N) is 1. The normalized spacial score (nSPS) is 16.5. The zero-order valence-electron chi connectivity index (χ0n) is 11.6. The highest BCUT2D eigenvalue weighted by atomic mass is 35.5. The van der Waals surface area contributed by atoms with Crippen molar-refractivity contribution in [3.63, 3.8) is 0 Å². The van der Waals surface area contributed by atoms with Crippen LogP contribution in [0.5, 0.6) is 0 Å². The standard InChI is InChI=1S/C13H19ClFN3O2S/c14-10-8-11(16)13(15)12(9-10)21(19,20)17-4-3-7-18-5-1-2-6-18/h8-9,17H,1-7,16H2. The van der Waals surface area contributed by atoms with Crippen molar-refractivity contribution >= 4 is 27.3 Å².